The molecule has 15 heavy (non-hydrogen) atoms. The van der Waals surface area contributed by atoms with Crippen LogP contribution in [-0.2, 0) is 14.9 Å². The quantitative estimate of drug-likeness (QED) is 0.468. The van der Waals surface area contributed by atoms with Crippen molar-refractivity contribution in [1.29, 1.82) is 0 Å². The lowest BCUT2D eigenvalue weighted by atomic mass is 10.0. The van der Waals surface area contributed by atoms with E-state index in [9.17, 15) is 13.2 Å². The first-order valence-corrected chi connectivity index (χ1v) is 5.23. The molecular weight excluding hydrogens is 226 g/mol. The van der Waals surface area contributed by atoms with Crippen molar-refractivity contribution in [2.75, 3.05) is 0 Å². The van der Waals surface area contributed by atoms with E-state index in [1.165, 1.54) is 0 Å². The van der Waals surface area contributed by atoms with Crippen LogP contribution >= 0.6 is 0 Å². The maximum Gasteiger partial charge on any atom is 0.339 e. The average molecular weight is 235 g/mol. The molecule has 0 aromatic rings. The number of carbonyl (C=O) groups is 1. The molecule has 0 saturated carbocycles. The number of aliphatic carboxylic acids is 1. The van der Waals surface area contributed by atoms with Gasteiger partial charge in [-0.15, -0.1) is 0 Å². The molecule has 0 amide bonds. The summed E-state index contributed by atoms with van der Waals surface area (Å²) in [6.45, 7) is 0. The lowest BCUT2D eigenvalue weighted by Crippen LogP contribution is -2.47. The third-order valence-corrected chi connectivity index (χ3v) is 3.23. The predicted octanol–water partition coefficient (Wildman–Crippen LogP) is -0.614. The van der Waals surface area contributed by atoms with Gasteiger partial charge in [0.15, 0.2) is 4.87 Å². The number of hydrogen-bond acceptors (Lipinski definition) is 5. The van der Waals surface area contributed by atoms with Crippen molar-refractivity contribution in [1.82, 2.24) is 0 Å². The van der Waals surface area contributed by atoms with Crippen LogP contribution in [-0.4, -0.2) is 34.0 Å². The molecular formula is C7H9NO6S. The second kappa shape index (κ2) is 3.33. The zero-order valence-electron chi connectivity index (χ0n) is 7.41. The van der Waals surface area contributed by atoms with Gasteiger partial charge in [0.1, 0.15) is 5.76 Å². The molecule has 0 aliphatic heterocycles. The summed E-state index contributed by atoms with van der Waals surface area (Å²) in [6, 6.07) is 0. The van der Waals surface area contributed by atoms with Gasteiger partial charge in [-0.05, 0) is 12.2 Å². The minimum atomic E-state index is -4.63. The Bertz CT molecular complexity index is 462. The summed E-state index contributed by atoms with van der Waals surface area (Å²) in [5.41, 5.74) is 4.64. The molecule has 0 fully saturated rings. The van der Waals surface area contributed by atoms with Crippen molar-refractivity contribution in [3.8, 4) is 0 Å². The van der Waals surface area contributed by atoms with Gasteiger partial charge in [-0.25, -0.2) is 4.79 Å². The van der Waals surface area contributed by atoms with Crippen LogP contribution in [0.4, 0.5) is 0 Å². The molecule has 84 valence electrons. The van der Waals surface area contributed by atoms with Crippen molar-refractivity contribution in [3.05, 3.63) is 23.5 Å². The maximum atomic E-state index is 10.9. The number of hydrogen-bond donors (Lipinski definition) is 4. The van der Waals surface area contributed by atoms with E-state index in [0.717, 1.165) is 6.08 Å². The summed E-state index contributed by atoms with van der Waals surface area (Å²) in [7, 11) is -4.63. The molecule has 1 atom stereocenters. The molecule has 0 aromatic heterocycles. The number of carboxylic acids is 1. The van der Waals surface area contributed by atoms with Crippen LogP contribution < -0.4 is 5.73 Å². The zero-order valence-corrected chi connectivity index (χ0v) is 8.23. The fourth-order valence-electron chi connectivity index (χ4n) is 1.09. The van der Waals surface area contributed by atoms with Gasteiger partial charge < -0.3 is 15.9 Å². The van der Waals surface area contributed by atoms with Crippen LogP contribution in [0.1, 0.15) is 6.42 Å². The van der Waals surface area contributed by atoms with Crippen molar-refractivity contribution in [2.45, 2.75) is 11.3 Å². The van der Waals surface area contributed by atoms with Crippen LogP contribution in [0.2, 0.25) is 0 Å². The van der Waals surface area contributed by atoms with E-state index in [-0.39, 0.29) is 0 Å². The molecule has 0 heterocycles. The van der Waals surface area contributed by atoms with Crippen molar-refractivity contribution in [2.24, 2.45) is 5.73 Å². The van der Waals surface area contributed by atoms with Gasteiger partial charge >= 0.3 is 5.97 Å². The summed E-state index contributed by atoms with van der Waals surface area (Å²) in [6.07, 6.45) is 1.14. The highest BCUT2D eigenvalue weighted by Crippen LogP contribution is 2.27. The number of rotatable bonds is 2. The van der Waals surface area contributed by atoms with Gasteiger partial charge in [-0.3, -0.25) is 4.55 Å². The minimum Gasteiger partial charge on any atom is -0.507 e. The number of aliphatic hydroxyl groups is 1. The standard InChI is InChI=1S/C7H9NO6S/c8-7(15(12,13)14)2-1-5(9)4(3-7)6(10)11/h1,3,9H,2,8H2,(H,10,11)(H,12,13,14). The summed E-state index contributed by atoms with van der Waals surface area (Å²) in [5, 5.41) is 17.7. The molecule has 5 N–H and O–H groups in total. The van der Waals surface area contributed by atoms with Gasteiger partial charge in [0, 0.05) is 6.42 Å². The Labute approximate surface area is 85.3 Å². The molecule has 0 radical (unpaired) electrons. The first-order valence-electron chi connectivity index (χ1n) is 3.79. The van der Waals surface area contributed by atoms with E-state index in [1.807, 2.05) is 0 Å². The Morgan fingerprint density at radius 2 is 2.07 bits per heavy atom. The highest BCUT2D eigenvalue weighted by molar-refractivity contribution is 7.87. The minimum absolute atomic E-state index is 0.394. The van der Waals surface area contributed by atoms with Gasteiger partial charge in [0.05, 0.1) is 5.57 Å². The van der Waals surface area contributed by atoms with E-state index in [2.05, 4.69) is 0 Å². The first kappa shape index (κ1) is 11.7. The summed E-state index contributed by atoms with van der Waals surface area (Å²) in [5.74, 6) is -2.10. The van der Waals surface area contributed by atoms with Gasteiger partial charge in [0.25, 0.3) is 10.1 Å². The van der Waals surface area contributed by atoms with Crippen LogP contribution in [0.15, 0.2) is 23.5 Å². The van der Waals surface area contributed by atoms with E-state index in [1.54, 1.807) is 0 Å². The molecule has 0 saturated heterocycles. The zero-order chi connectivity index (χ0) is 11.9. The Kier molecular flexibility index (Phi) is 2.60. The van der Waals surface area contributed by atoms with Crippen LogP contribution in [0.3, 0.4) is 0 Å². The molecule has 8 heteroatoms. The second-order valence-electron chi connectivity index (χ2n) is 3.09. The predicted molar refractivity (Wildman–Crippen MR) is 49.5 cm³/mol. The molecule has 1 unspecified atom stereocenters. The molecule has 1 aliphatic carbocycles. The second-order valence-corrected chi connectivity index (χ2v) is 4.80. The highest BCUT2D eigenvalue weighted by atomic mass is 32.2. The fraction of sp³-hybridized carbons (Fsp3) is 0.286. The summed E-state index contributed by atoms with van der Waals surface area (Å²) in [4.78, 5) is 8.38. The fourth-order valence-corrected chi connectivity index (χ4v) is 1.66. The smallest absolute Gasteiger partial charge is 0.339 e. The maximum absolute atomic E-state index is 10.9. The van der Waals surface area contributed by atoms with Gasteiger partial charge in [-0.1, -0.05) is 0 Å². The SMILES string of the molecule is NC1(S(=O)(=O)O)C=C(C(=O)O)C(O)=CC1. The van der Waals surface area contributed by atoms with Gasteiger partial charge in [0.2, 0.25) is 0 Å². The van der Waals surface area contributed by atoms with Crippen molar-refractivity contribution < 1.29 is 28.0 Å². The van der Waals surface area contributed by atoms with E-state index in [4.69, 9.17) is 20.5 Å². The Morgan fingerprint density at radius 3 is 2.47 bits per heavy atom. The number of carboxylic acid groups (broad SMARTS) is 1. The van der Waals surface area contributed by atoms with Crippen LogP contribution in [0, 0.1) is 0 Å². The van der Waals surface area contributed by atoms with Crippen LogP contribution in [0.5, 0.6) is 0 Å². The normalized spacial score (nSPS) is 26.8. The molecule has 0 bridgehead atoms. The monoisotopic (exact) mass is 235 g/mol. The third-order valence-electron chi connectivity index (χ3n) is 1.99. The molecule has 1 aliphatic rings. The molecule has 1 rings (SSSR count). The Hall–Kier alpha value is -1.38. The third kappa shape index (κ3) is 2.01. The Morgan fingerprint density at radius 1 is 1.53 bits per heavy atom. The van der Waals surface area contributed by atoms with Crippen molar-refractivity contribution >= 4 is 16.1 Å². The van der Waals surface area contributed by atoms with E-state index >= 15 is 0 Å². The average Bonchev–Trinajstić information content (AvgIpc) is 2.07. The largest absolute Gasteiger partial charge is 0.507 e. The molecule has 0 aromatic carbocycles. The Balaban J connectivity index is 3.29. The lowest BCUT2D eigenvalue weighted by molar-refractivity contribution is -0.132. The summed E-state index contributed by atoms with van der Waals surface area (Å²) >= 11 is 0. The summed E-state index contributed by atoms with van der Waals surface area (Å²) < 4.78 is 30.5. The number of nitrogens with two attached hydrogens (primary N) is 1. The number of aliphatic hydroxyl groups excluding tert-OH is 1. The van der Waals surface area contributed by atoms with Crippen molar-refractivity contribution in [3.63, 3.8) is 0 Å². The van der Waals surface area contributed by atoms with Crippen LogP contribution in [0.25, 0.3) is 0 Å². The highest BCUT2D eigenvalue weighted by Gasteiger charge is 2.40. The van der Waals surface area contributed by atoms with E-state index < -0.39 is 38.7 Å². The molecule has 7 nitrogen and oxygen atoms in total. The van der Waals surface area contributed by atoms with Gasteiger partial charge in [-0.2, -0.15) is 8.42 Å². The lowest BCUT2D eigenvalue weighted by Gasteiger charge is -2.24. The topological polar surface area (TPSA) is 138 Å². The molecule has 0 spiro atoms. The first-order chi connectivity index (χ1) is 6.67. The van der Waals surface area contributed by atoms with E-state index in [0.29, 0.717) is 6.08 Å².